The average molecular weight is 310 g/mol. The SMILES string of the molecule is CC1(C)C(=O)C(C)(C)[C@@]23C=CS(=O)(=O)[C@@H]2[C@@H]2SC=C[C@]213. The second-order valence-corrected chi connectivity index (χ2v) is 10.5. The average Bonchev–Trinajstić information content (AvgIpc) is 2.80. The van der Waals surface area contributed by atoms with Crippen molar-refractivity contribution in [3.63, 3.8) is 0 Å². The Morgan fingerprint density at radius 3 is 2.30 bits per heavy atom. The highest BCUT2D eigenvalue weighted by atomic mass is 32.2. The number of allylic oxidation sites excluding steroid dienone is 2. The summed E-state index contributed by atoms with van der Waals surface area (Å²) in [5.41, 5.74) is -2.09. The van der Waals surface area contributed by atoms with Crippen molar-refractivity contribution in [3.05, 3.63) is 23.0 Å². The van der Waals surface area contributed by atoms with Gasteiger partial charge in [0.2, 0.25) is 0 Å². The quantitative estimate of drug-likeness (QED) is 0.690. The first-order valence-corrected chi connectivity index (χ1v) is 9.44. The number of hydrogen-bond acceptors (Lipinski definition) is 4. The summed E-state index contributed by atoms with van der Waals surface area (Å²) in [5, 5.41) is 2.89. The Hall–Kier alpha value is -0.550. The molecule has 0 saturated heterocycles. The van der Waals surface area contributed by atoms with Gasteiger partial charge in [0.25, 0.3) is 0 Å². The largest absolute Gasteiger partial charge is 0.298 e. The highest BCUT2D eigenvalue weighted by Crippen LogP contribution is 2.85. The summed E-state index contributed by atoms with van der Waals surface area (Å²) in [4.78, 5) is 13.0. The van der Waals surface area contributed by atoms with E-state index >= 15 is 0 Å². The van der Waals surface area contributed by atoms with Crippen LogP contribution in [0.4, 0.5) is 0 Å². The molecule has 0 radical (unpaired) electrons. The predicted octanol–water partition coefficient (Wildman–Crippen LogP) is 2.55. The molecule has 0 bridgehead atoms. The Kier molecular flexibility index (Phi) is 1.95. The van der Waals surface area contributed by atoms with Gasteiger partial charge in [0.05, 0.1) is 5.25 Å². The number of sulfone groups is 1. The Morgan fingerprint density at radius 2 is 1.65 bits per heavy atom. The maximum Gasteiger partial charge on any atom is 0.176 e. The Labute approximate surface area is 123 Å². The van der Waals surface area contributed by atoms with Crippen molar-refractivity contribution in [3.8, 4) is 0 Å². The molecule has 4 aliphatic rings. The zero-order valence-electron chi connectivity index (χ0n) is 12.0. The van der Waals surface area contributed by atoms with Gasteiger partial charge in [-0.3, -0.25) is 4.79 Å². The summed E-state index contributed by atoms with van der Waals surface area (Å²) >= 11 is 1.59. The molecule has 5 heteroatoms. The molecule has 2 saturated carbocycles. The molecule has 0 aromatic heterocycles. The van der Waals surface area contributed by atoms with Gasteiger partial charge in [0.1, 0.15) is 5.78 Å². The standard InChI is InChI=1S/C15H18O3S2/c1-12(2)11(16)13(3,4)15-6-8-20(17,18)10(15)9-14(12,15)5-7-19-9/h5-10H,1-4H3/t9-,10+,14-,15+/m0/s1. The number of carbonyl (C=O) groups is 1. The molecule has 4 rings (SSSR count). The predicted molar refractivity (Wildman–Crippen MR) is 79.8 cm³/mol. The van der Waals surface area contributed by atoms with Crippen LogP contribution >= 0.6 is 11.8 Å². The summed E-state index contributed by atoms with van der Waals surface area (Å²) in [5.74, 6) is 0.186. The van der Waals surface area contributed by atoms with Crippen LogP contribution in [0, 0.1) is 21.7 Å². The molecule has 3 nitrogen and oxygen atoms in total. The molecule has 0 aromatic rings. The van der Waals surface area contributed by atoms with Gasteiger partial charge in [0, 0.05) is 32.3 Å². The fourth-order valence-electron chi connectivity index (χ4n) is 5.76. The van der Waals surface area contributed by atoms with E-state index in [0.29, 0.717) is 0 Å². The van der Waals surface area contributed by atoms with Gasteiger partial charge in [-0.15, -0.1) is 11.8 Å². The second-order valence-electron chi connectivity index (χ2n) is 7.49. The number of thioether (sulfide) groups is 1. The maximum atomic E-state index is 13.0. The van der Waals surface area contributed by atoms with Gasteiger partial charge in [-0.1, -0.05) is 39.8 Å². The topological polar surface area (TPSA) is 51.2 Å². The van der Waals surface area contributed by atoms with Crippen molar-refractivity contribution >= 4 is 27.4 Å². The molecule has 4 atom stereocenters. The molecular formula is C15H18O3S2. The molecule has 0 amide bonds. The van der Waals surface area contributed by atoms with Gasteiger partial charge in [-0.05, 0) is 5.41 Å². The highest BCUT2D eigenvalue weighted by molar-refractivity contribution is 8.04. The normalized spacial score (nSPS) is 51.5. The fourth-order valence-corrected chi connectivity index (χ4v) is 10.2. The molecule has 2 aliphatic heterocycles. The summed E-state index contributed by atoms with van der Waals surface area (Å²) in [7, 11) is -3.25. The van der Waals surface area contributed by atoms with E-state index in [4.69, 9.17) is 0 Å². The third kappa shape index (κ3) is 0.852. The molecule has 2 fully saturated rings. The lowest BCUT2D eigenvalue weighted by atomic mass is 9.41. The zero-order chi connectivity index (χ0) is 14.8. The number of fused-ring (bicyclic) bond motifs is 1. The molecular weight excluding hydrogens is 292 g/mol. The number of carbonyl (C=O) groups excluding carboxylic acids is 1. The van der Waals surface area contributed by atoms with Crippen molar-refractivity contribution < 1.29 is 13.2 Å². The van der Waals surface area contributed by atoms with Crippen molar-refractivity contribution in [2.24, 2.45) is 21.7 Å². The van der Waals surface area contributed by atoms with Crippen molar-refractivity contribution in [1.29, 1.82) is 0 Å². The van der Waals surface area contributed by atoms with Gasteiger partial charge >= 0.3 is 0 Å². The minimum Gasteiger partial charge on any atom is -0.298 e. The van der Waals surface area contributed by atoms with E-state index in [0.717, 1.165) is 0 Å². The fraction of sp³-hybridized carbons (Fsp3) is 0.667. The van der Waals surface area contributed by atoms with Crippen LogP contribution in [0.5, 0.6) is 0 Å². The summed E-state index contributed by atoms with van der Waals surface area (Å²) < 4.78 is 24.9. The summed E-state index contributed by atoms with van der Waals surface area (Å²) in [6.07, 6.45) is 3.96. The third-order valence-corrected chi connectivity index (χ3v) is 9.76. The summed E-state index contributed by atoms with van der Waals surface area (Å²) in [6.45, 7) is 7.84. The van der Waals surface area contributed by atoms with Gasteiger partial charge in [-0.25, -0.2) is 8.42 Å². The van der Waals surface area contributed by atoms with E-state index in [1.165, 1.54) is 5.41 Å². The first kappa shape index (κ1) is 13.1. The lowest BCUT2D eigenvalue weighted by Gasteiger charge is -2.65. The molecule has 0 N–H and O–H groups in total. The first-order valence-electron chi connectivity index (χ1n) is 6.88. The monoisotopic (exact) mass is 310 g/mol. The van der Waals surface area contributed by atoms with Crippen molar-refractivity contribution in [1.82, 2.24) is 0 Å². The Bertz CT molecular complexity index is 713. The van der Waals surface area contributed by atoms with Gasteiger partial charge in [-0.2, -0.15) is 0 Å². The Morgan fingerprint density at radius 1 is 1.05 bits per heavy atom. The van der Waals surface area contributed by atoms with Crippen LogP contribution in [0.2, 0.25) is 0 Å². The van der Waals surface area contributed by atoms with Crippen molar-refractivity contribution in [2.45, 2.75) is 38.2 Å². The van der Waals surface area contributed by atoms with Crippen LogP contribution in [0.25, 0.3) is 0 Å². The Balaban J connectivity index is 2.11. The van der Waals surface area contributed by atoms with Crippen LogP contribution in [0.15, 0.2) is 23.0 Å². The lowest BCUT2D eigenvalue weighted by Crippen LogP contribution is -2.72. The number of hydrogen-bond donors (Lipinski definition) is 0. The van der Waals surface area contributed by atoms with E-state index in [-0.39, 0.29) is 16.4 Å². The van der Waals surface area contributed by atoms with Crippen LogP contribution in [0.3, 0.4) is 0 Å². The highest BCUT2D eigenvalue weighted by Gasteiger charge is 2.90. The van der Waals surface area contributed by atoms with E-state index in [1.54, 1.807) is 11.8 Å². The molecule has 0 aromatic carbocycles. The lowest BCUT2D eigenvalue weighted by molar-refractivity contribution is -0.132. The number of ketones is 1. The van der Waals surface area contributed by atoms with Crippen LogP contribution in [0.1, 0.15) is 27.7 Å². The van der Waals surface area contributed by atoms with E-state index in [9.17, 15) is 13.2 Å². The smallest absolute Gasteiger partial charge is 0.176 e. The van der Waals surface area contributed by atoms with Crippen LogP contribution in [-0.4, -0.2) is 24.7 Å². The molecule has 2 aliphatic carbocycles. The van der Waals surface area contributed by atoms with E-state index in [1.807, 2.05) is 39.2 Å². The molecule has 108 valence electrons. The van der Waals surface area contributed by atoms with Gasteiger partial charge < -0.3 is 0 Å². The number of Topliss-reactive ketones (excluding diaryl/α,β-unsaturated/α-hetero) is 1. The number of rotatable bonds is 0. The van der Waals surface area contributed by atoms with Crippen LogP contribution in [-0.2, 0) is 14.6 Å². The minimum absolute atomic E-state index is 0.0248. The first-order chi connectivity index (χ1) is 9.07. The molecule has 0 unspecified atom stereocenters. The molecule has 20 heavy (non-hydrogen) atoms. The van der Waals surface area contributed by atoms with Crippen molar-refractivity contribution in [2.75, 3.05) is 0 Å². The second kappa shape index (κ2) is 2.98. The molecule has 2 heterocycles. The molecule has 2 spiro atoms. The summed E-state index contributed by atoms with van der Waals surface area (Å²) in [6, 6.07) is 0. The minimum atomic E-state index is -3.25. The van der Waals surface area contributed by atoms with Crippen LogP contribution < -0.4 is 0 Å². The third-order valence-electron chi connectivity index (χ3n) is 6.49. The maximum absolute atomic E-state index is 13.0. The zero-order valence-corrected chi connectivity index (χ0v) is 13.6. The van der Waals surface area contributed by atoms with Gasteiger partial charge in [0.15, 0.2) is 9.84 Å². The van der Waals surface area contributed by atoms with E-state index in [2.05, 4.69) is 6.08 Å². The van der Waals surface area contributed by atoms with E-state index < -0.39 is 31.3 Å².